The van der Waals surface area contributed by atoms with Crippen molar-refractivity contribution in [1.29, 1.82) is 0 Å². The Morgan fingerprint density at radius 2 is 2.07 bits per heavy atom. The van der Waals surface area contributed by atoms with E-state index in [2.05, 4.69) is 20.6 Å². The summed E-state index contributed by atoms with van der Waals surface area (Å²) in [5, 5.41) is 15.8. The molecule has 1 aromatic carbocycles. The van der Waals surface area contributed by atoms with Crippen LogP contribution >= 0.6 is 0 Å². The van der Waals surface area contributed by atoms with Crippen molar-refractivity contribution in [3.63, 3.8) is 0 Å². The molecule has 2 aromatic heterocycles. The van der Waals surface area contributed by atoms with Crippen molar-refractivity contribution in [3.05, 3.63) is 52.9 Å². The number of esters is 1. The summed E-state index contributed by atoms with van der Waals surface area (Å²) in [6, 6.07) is 6.05. The molecule has 3 aromatic rings. The van der Waals surface area contributed by atoms with E-state index < -0.39 is 5.97 Å². The molecule has 4 rings (SSSR count). The average Bonchev–Trinajstić information content (AvgIpc) is 3.37. The molecule has 27 heavy (non-hydrogen) atoms. The molecule has 0 fully saturated rings. The number of fused-ring (bicyclic) bond motifs is 1. The number of aryl methyl sites for hydroxylation is 1. The molecule has 2 heterocycles. The minimum Gasteiger partial charge on any atom is -0.453 e. The van der Waals surface area contributed by atoms with Crippen LogP contribution in [-0.4, -0.2) is 36.0 Å². The van der Waals surface area contributed by atoms with E-state index >= 15 is 0 Å². The van der Waals surface area contributed by atoms with E-state index in [4.69, 9.17) is 4.74 Å². The van der Waals surface area contributed by atoms with Gasteiger partial charge in [-0.05, 0) is 60.4 Å². The SMILES string of the molecule is CCCn1nnnc1COC(=O)c1nn(-c2ccc(F)cc2)c2c1CCC2. The van der Waals surface area contributed by atoms with Crippen molar-refractivity contribution >= 4 is 5.97 Å². The first-order valence-electron chi connectivity index (χ1n) is 8.96. The van der Waals surface area contributed by atoms with Gasteiger partial charge in [-0.15, -0.1) is 5.10 Å². The first-order chi connectivity index (χ1) is 13.2. The number of ether oxygens (including phenoxy) is 1. The van der Waals surface area contributed by atoms with Gasteiger partial charge in [0.25, 0.3) is 0 Å². The summed E-state index contributed by atoms with van der Waals surface area (Å²) in [4.78, 5) is 12.6. The molecule has 0 spiro atoms. The lowest BCUT2D eigenvalue weighted by atomic mass is 10.2. The second-order valence-corrected chi connectivity index (χ2v) is 6.41. The van der Waals surface area contributed by atoms with E-state index in [1.807, 2.05) is 6.92 Å². The zero-order valence-electron chi connectivity index (χ0n) is 14.9. The van der Waals surface area contributed by atoms with Gasteiger partial charge in [0.15, 0.2) is 18.1 Å². The van der Waals surface area contributed by atoms with Crippen molar-refractivity contribution in [2.24, 2.45) is 0 Å². The van der Waals surface area contributed by atoms with Crippen molar-refractivity contribution in [2.45, 2.75) is 45.8 Å². The maximum absolute atomic E-state index is 13.2. The Morgan fingerprint density at radius 1 is 1.26 bits per heavy atom. The molecule has 0 N–H and O–H groups in total. The van der Waals surface area contributed by atoms with Crippen LogP contribution in [0.25, 0.3) is 5.69 Å². The first kappa shape index (κ1) is 17.3. The molecular weight excluding hydrogens is 351 g/mol. The van der Waals surface area contributed by atoms with Gasteiger partial charge >= 0.3 is 5.97 Å². The summed E-state index contributed by atoms with van der Waals surface area (Å²) >= 11 is 0. The second-order valence-electron chi connectivity index (χ2n) is 6.41. The third-order valence-corrected chi connectivity index (χ3v) is 4.57. The van der Waals surface area contributed by atoms with Gasteiger partial charge in [0, 0.05) is 17.8 Å². The number of carbonyl (C=O) groups excluding carboxylic acids is 1. The highest BCUT2D eigenvalue weighted by Crippen LogP contribution is 2.28. The molecule has 1 aliphatic carbocycles. The molecule has 0 saturated heterocycles. The van der Waals surface area contributed by atoms with Crippen LogP contribution in [0.4, 0.5) is 4.39 Å². The lowest BCUT2D eigenvalue weighted by Crippen LogP contribution is -2.13. The predicted octanol–water partition coefficient (Wildman–Crippen LogP) is 2.25. The fourth-order valence-corrected chi connectivity index (χ4v) is 3.31. The largest absolute Gasteiger partial charge is 0.453 e. The number of halogens is 1. The fourth-order valence-electron chi connectivity index (χ4n) is 3.31. The Labute approximate surface area is 154 Å². The Morgan fingerprint density at radius 3 is 2.85 bits per heavy atom. The Balaban J connectivity index is 1.56. The molecule has 0 bridgehead atoms. The van der Waals surface area contributed by atoms with E-state index in [0.717, 1.165) is 42.6 Å². The minimum absolute atomic E-state index is 0.00991. The minimum atomic E-state index is -0.500. The summed E-state index contributed by atoms with van der Waals surface area (Å²) in [7, 11) is 0. The molecule has 140 valence electrons. The highest BCUT2D eigenvalue weighted by atomic mass is 19.1. The highest BCUT2D eigenvalue weighted by Gasteiger charge is 2.28. The number of carbonyl (C=O) groups is 1. The van der Waals surface area contributed by atoms with Crippen LogP contribution in [0, 0.1) is 5.82 Å². The van der Waals surface area contributed by atoms with Crippen molar-refractivity contribution in [1.82, 2.24) is 30.0 Å². The van der Waals surface area contributed by atoms with Crippen molar-refractivity contribution in [2.75, 3.05) is 0 Å². The number of aromatic nitrogens is 6. The van der Waals surface area contributed by atoms with Gasteiger partial charge in [-0.25, -0.2) is 18.5 Å². The molecule has 9 heteroatoms. The molecule has 0 saturated carbocycles. The third-order valence-electron chi connectivity index (χ3n) is 4.57. The van der Waals surface area contributed by atoms with Crippen molar-refractivity contribution < 1.29 is 13.9 Å². The molecule has 0 radical (unpaired) electrons. The maximum Gasteiger partial charge on any atom is 0.359 e. The molecule has 0 atom stereocenters. The van der Waals surface area contributed by atoms with E-state index in [1.54, 1.807) is 21.5 Å². The van der Waals surface area contributed by atoms with Crippen LogP contribution in [0.3, 0.4) is 0 Å². The number of nitrogens with zero attached hydrogens (tertiary/aromatic N) is 6. The van der Waals surface area contributed by atoms with Crippen LogP contribution in [-0.2, 0) is 30.7 Å². The van der Waals surface area contributed by atoms with Gasteiger partial charge in [0.2, 0.25) is 0 Å². The lowest BCUT2D eigenvalue weighted by Gasteiger charge is -2.05. The van der Waals surface area contributed by atoms with Gasteiger partial charge in [-0.3, -0.25) is 0 Å². The fraction of sp³-hybridized carbons (Fsp3) is 0.389. The second kappa shape index (κ2) is 7.26. The smallest absolute Gasteiger partial charge is 0.359 e. The van der Waals surface area contributed by atoms with Crippen molar-refractivity contribution in [3.8, 4) is 5.69 Å². The number of tetrazole rings is 1. The summed E-state index contributed by atoms with van der Waals surface area (Å²) in [5.41, 5.74) is 2.91. The average molecular weight is 370 g/mol. The Bertz CT molecular complexity index is 963. The van der Waals surface area contributed by atoms with Crippen LogP contribution in [0.2, 0.25) is 0 Å². The van der Waals surface area contributed by atoms with E-state index in [-0.39, 0.29) is 12.4 Å². The molecule has 0 unspecified atom stereocenters. The summed E-state index contributed by atoms with van der Waals surface area (Å²) in [6.07, 6.45) is 3.42. The van der Waals surface area contributed by atoms with E-state index in [1.165, 1.54) is 12.1 Å². The monoisotopic (exact) mass is 370 g/mol. The van der Waals surface area contributed by atoms with Crippen LogP contribution in [0.5, 0.6) is 0 Å². The molecular formula is C18H19FN6O2. The van der Waals surface area contributed by atoms with Gasteiger partial charge in [0.05, 0.1) is 5.69 Å². The highest BCUT2D eigenvalue weighted by molar-refractivity contribution is 5.89. The molecule has 1 aliphatic rings. The number of rotatable bonds is 6. The number of hydrogen-bond donors (Lipinski definition) is 0. The van der Waals surface area contributed by atoms with E-state index in [9.17, 15) is 9.18 Å². The molecule has 0 aliphatic heterocycles. The zero-order valence-corrected chi connectivity index (χ0v) is 14.9. The van der Waals surface area contributed by atoms with Gasteiger partial charge in [0.1, 0.15) is 5.82 Å². The summed E-state index contributed by atoms with van der Waals surface area (Å²) in [6.45, 7) is 2.67. The maximum atomic E-state index is 13.2. The third kappa shape index (κ3) is 3.32. The quantitative estimate of drug-likeness (QED) is 0.619. The first-order valence-corrected chi connectivity index (χ1v) is 8.96. The van der Waals surface area contributed by atoms with Gasteiger partial charge < -0.3 is 4.74 Å². The predicted molar refractivity (Wildman–Crippen MR) is 92.8 cm³/mol. The van der Waals surface area contributed by atoms with E-state index in [0.29, 0.717) is 18.1 Å². The zero-order chi connectivity index (χ0) is 18.8. The van der Waals surface area contributed by atoms with Crippen LogP contribution in [0.1, 0.15) is 47.3 Å². The lowest BCUT2D eigenvalue weighted by molar-refractivity contribution is 0.0447. The molecule has 8 nitrogen and oxygen atoms in total. The normalized spacial score (nSPS) is 13.0. The molecule has 0 amide bonds. The standard InChI is InChI=1S/C18H19FN6O2/c1-2-10-24-16(20-22-23-24)11-27-18(26)17-14-4-3-5-15(14)25(21-17)13-8-6-12(19)7-9-13/h6-9H,2-5,10-11H2,1H3. The van der Waals surface area contributed by atoms with Gasteiger partial charge in [-0.1, -0.05) is 6.92 Å². The summed E-state index contributed by atoms with van der Waals surface area (Å²) in [5.74, 6) is -0.313. The van der Waals surface area contributed by atoms with Gasteiger partial charge in [-0.2, -0.15) is 5.10 Å². The Hall–Kier alpha value is -3.10. The summed E-state index contributed by atoms with van der Waals surface area (Å²) < 4.78 is 22.0. The van der Waals surface area contributed by atoms with Crippen LogP contribution in [0.15, 0.2) is 24.3 Å². The number of hydrogen-bond acceptors (Lipinski definition) is 6. The number of benzene rings is 1. The Kier molecular flexibility index (Phi) is 4.66. The topological polar surface area (TPSA) is 87.7 Å². The van der Waals surface area contributed by atoms with Crippen LogP contribution < -0.4 is 0 Å².